The largest absolute Gasteiger partial charge is 0.473 e. The first kappa shape index (κ1) is 8.83. The van der Waals surface area contributed by atoms with Crippen LogP contribution in [0.1, 0.15) is 4.88 Å². The summed E-state index contributed by atoms with van der Waals surface area (Å²) in [5, 5.41) is 4.07. The normalized spacial score (nSPS) is 9.08. The van der Waals surface area contributed by atoms with Crippen molar-refractivity contribution in [1.82, 2.24) is 4.98 Å². The Morgan fingerprint density at radius 2 is 2.67 bits per heavy atom. The van der Waals surface area contributed by atoms with Crippen LogP contribution in [0.3, 0.4) is 0 Å². The molecule has 12 heavy (non-hydrogen) atoms. The van der Waals surface area contributed by atoms with Gasteiger partial charge in [-0.15, -0.1) is 0 Å². The molecule has 0 atom stereocenters. The van der Waals surface area contributed by atoms with Crippen LogP contribution in [0.4, 0.5) is 0 Å². The molecular formula is C6H8N4OS. The molecule has 5 nitrogen and oxygen atoms in total. The van der Waals surface area contributed by atoms with Crippen LogP contribution in [0.25, 0.3) is 10.4 Å². The molecule has 0 fully saturated rings. The number of methoxy groups -OCH3 is 1. The number of ether oxygens (including phenoxy) is 1. The standard InChI is InChI=1S/C6H8N4OS/c1-11-6-8-4-5(12-6)2-3-9-10-7/h4H,2-3H2,1H3. The molecule has 0 aromatic carbocycles. The minimum absolute atomic E-state index is 0.474. The molecule has 0 saturated heterocycles. The monoisotopic (exact) mass is 184 g/mol. The molecule has 0 amide bonds. The van der Waals surface area contributed by atoms with E-state index in [1.165, 1.54) is 11.3 Å². The van der Waals surface area contributed by atoms with Gasteiger partial charge in [0.25, 0.3) is 5.19 Å². The molecule has 1 aromatic heterocycles. The van der Waals surface area contributed by atoms with Gasteiger partial charge in [0.1, 0.15) is 0 Å². The van der Waals surface area contributed by atoms with Crippen molar-refractivity contribution in [1.29, 1.82) is 0 Å². The number of aromatic nitrogens is 1. The molecule has 64 valence electrons. The Bertz CT molecular complexity index is 291. The number of nitrogens with zero attached hydrogens (tertiary/aromatic N) is 4. The van der Waals surface area contributed by atoms with Crippen LogP contribution in [0.15, 0.2) is 11.3 Å². The maximum absolute atomic E-state index is 8.02. The Morgan fingerprint density at radius 3 is 3.25 bits per heavy atom. The quantitative estimate of drug-likeness (QED) is 0.408. The second-order valence-corrected chi connectivity index (χ2v) is 3.08. The summed E-state index contributed by atoms with van der Waals surface area (Å²) in [6.45, 7) is 0.474. The summed E-state index contributed by atoms with van der Waals surface area (Å²) in [4.78, 5) is 7.70. The van der Waals surface area contributed by atoms with E-state index in [2.05, 4.69) is 15.0 Å². The first-order valence-corrected chi connectivity index (χ1v) is 4.18. The van der Waals surface area contributed by atoms with Crippen LogP contribution in [0, 0.1) is 0 Å². The van der Waals surface area contributed by atoms with E-state index in [0.29, 0.717) is 11.7 Å². The first-order valence-electron chi connectivity index (χ1n) is 3.36. The van der Waals surface area contributed by atoms with Crippen molar-refractivity contribution in [3.63, 3.8) is 0 Å². The summed E-state index contributed by atoms with van der Waals surface area (Å²) in [7, 11) is 1.58. The van der Waals surface area contributed by atoms with Crippen LogP contribution in [-0.2, 0) is 6.42 Å². The SMILES string of the molecule is COc1ncc(CCN=[N+]=[N-])s1. The Kier molecular flexibility index (Phi) is 3.37. The van der Waals surface area contributed by atoms with Crippen LogP contribution in [-0.4, -0.2) is 18.6 Å². The van der Waals surface area contributed by atoms with E-state index in [0.717, 1.165) is 11.3 Å². The van der Waals surface area contributed by atoms with Gasteiger partial charge in [-0.2, -0.15) is 0 Å². The molecule has 1 aromatic rings. The lowest BCUT2D eigenvalue weighted by atomic mass is 10.4. The van der Waals surface area contributed by atoms with Crippen LogP contribution in [0.2, 0.25) is 0 Å². The average Bonchev–Trinajstić information content (AvgIpc) is 2.53. The lowest BCUT2D eigenvalue weighted by Crippen LogP contribution is -1.82. The molecule has 0 aliphatic rings. The van der Waals surface area contributed by atoms with Crippen molar-refractivity contribution < 1.29 is 4.74 Å². The maximum atomic E-state index is 8.02. The first-order chi connectivity index (χ1) is 5.86. The van der Waals surface area contributed by atoms with Crippen LogP contribution in [0.5, 0.6) is 5.19 Å². The fourth-order valence-electron chi connectivity index (χ4n) is 0.704. The summed E-state index contributed by atoms with van der Waals surface area (Å²) >= 11 is 1.47. The Hall–Kier alpha value is -1.26. The van der Waals surface area contributed by atoms with E-state index < -0.39 is 0 Å². The Morgan fingerprint density at radius 1 is 1.83 bits per heavy atom. The number of hydrogen-bond acceptors (Lipinski definition) is 4. The van der Waals surface area contributed by atoms with Crippen molar-refractivity contribution in [2.24, 2.45) is 5.11 Å². The van der Waals surface area contributed by atoms with E-state index >= 15 is 0 Å². The Balaban J connectivity index is 2.46. The van der Waals surface area contributed by atoms with Crippen molar-refractivity contribution >= 4 is 11.3 Å². The van der Waals surface area contributed by atoms with E-state index in [9.17, 15) is 0 Å². The van der Waals surface area contributed by atoms with Crippen LogP contribution < -0.4 is 4.74 Å². The zero-order valence-corrected chi connectivity index (χ0v) is 7.41. The minimum atomic E-state index is 0.474. The van der Waals surface area contributed by atoms with Gasteiger partial charge in [0, 0.05) is 22.5 Å². The second kappa shape index (κ2) is 4.58. The zero-order chi connectivity index (χ0) is 8.81. The van der Waals surface area contributed by atoms with Gasteiger partial charge in [-0.25, -0.2) is 4.98 Å². The summed E-state index contributed by atoms with van der Waals surface area (Å²) in [5.74, 6) is 0. The van der Waals surface area contributed by atoms with Gasteiger partial charge < -0.3 is 4.74 Å². The molecule has 0 unspecified atom stereocenters. The molecule has 6 heteroatoms. The average molecular weight is 184 g/mol. The van der Waals surface area contributed by atoms with Gasteiger partial charge in [-0.1, -0.05) is 16.5 Å². The molecular weight excluding hydrogens is 176 g/mol. The molecule has 1 rings (SSSR count). The topological polar surface area (TPSA) is 70.9 Å². The molecule has 0 N–H and O–H groups in total. The Labute approximate surface area is 73.6 Å². The fraction of sp³-hybridized carbons (Fsp3) is 0.500. The number of hydrogen-bond donors (Lipinski definition) is 0. The van der Waals surface area contributed by atoms with Crippen molar-refractivity contribution in [3.05, 3.63) is 21.5 Å². The number of rotatable bonds is 4. The molecule has 0 radical (unpaired) electrons. The highest BCUT2D eigenvalue weighted by Gasteiger charge is 1.99. The second-order valence-electron chi connectivity index (χ2n) is 2.00. The van der Waals surface area contributed by atoms with E-state index in [4.69, 9.17) is 10.3 Å². The predicted octanol–water partition coefficient (Wildman–Crippen LogP) is 2.00. The van der Waals surface area contributed by atoms with E-state index in [1.807, 2.05) is 0 Å². The maximum Gasteiger partial charge on any atom is 0.273 e. The van der Waals surface area contributed by atoms with Gasteiger partial charge in [0.2, 0.25) is 0 Å². The van der Waals surface area contributed by atoms with Crippen LogP contribution >= 0.6 is 11.3 Å². The van der Waals surface area contributed by atoms with Gasteiger partial charge in [-0.05, 0) is 12.0 Å². The third kappa shape index (κ3) is 2.41. The van der Waals surface area contributed by atoms with Crippen molar-refractivity contribution in [2.45, 2.75) is 6.42 Å². The van der Waals surface area contributed by atoms with Gasteiger partial charge in [-0.3, -0.25) is 0 Å². The molecule has 0 bridgehead atoms. The highest BCUT2D eigenvalue weighted by atomic mass is 32.1. The third-order valence-electron chi connectivity index (χ3n) is 1.23. The van der Waals surface area contributed by atoms with Gasteiger partial charge >= 0.3 is 0 Å². The lowest BCUT2D eigenvalue weighted by molar-refractivity contribution is 0.412. The summed E-state index contributed by atoms with van der Waals surface area (Å²) in [6, 6.07) is 0. The van der Waals surface area contributed by atoms with E-state index in [-0.39, 0.29) is 0 Å². The van der Waals surface area contributed by atoms with Crippen molar-refractivity contribution in [2.75, 3.05) is 13.7 Å². The molecule has 0 saturated carbocycles. The number of azide groups is 1. The third-order valence-corrected chi connectivity index (χ3v) is 2.25. The lowest BCUT2D eigenvalue weighted by Gasteiger charge is -1.88. The van der Waals surface area contributed by atoms with Gasteiger partial charge in [0.05, 0.1) is 7.11 Å². The minimum Gasteiger partial charge on any atom is -0.473 e. The molecule has 0 aliphatic carbocycles. The molecule has 0 aliphatic heterocycles. The molecule has 1 heterocycles. The van der Waals surface area contributed by atoms with Crippen molar-refractivity contribution in [3.8, 4) is 5.19 Å². The number of thiazole rings is 1. The smallest absolute Gasteiger partial charge is 0.273 e. The van der Waals surface area contributed by atoms with E-state index in [1.54, 1.807) is 13.3 Å². The highest BCUT2D eigenvalue weighted by molar-refractivity contribution is 7.13. The molecule has 0 spiro atoms. The summed E-state index contributed by atoms with van der Waals surface area (Å²) in [5.41, 5.74) is 8.02. The summed E-state index contributed by atoms with van der Waals surface area (Å²) < 4.78 is 4.91. The fourth-order valence-corrected chi connectivity index (χ4v) is 1.42. The zero-order valence-electron chi connectivity index (χ0n) is 6.60. The predicted molar refractivity (Wildman–Crippen MR) is 46.4 cm³/mol. The summed E-state index contributed by atoms with van der Waals surface area (Å²) in [6.07, 6.45) is 2.46. The highest BCUT2D eigenvalue weighted by Crippen LogP contribution is 2.19. The van der Waals surface area contributed by atoms with Gasteiger partial charge in [0.15, 0.2) is 0 Å².